The molecule has 6 heteroatoms. The molecule has 2 rings (SSSR count). The molecule has 0 fully saturated rings. The summed E-state index contributed by atoms with van der Waals surface area (Å²) in [6, 6.07) is 14.3. The van der Waals surface area contributed by atoms with Crippen LogP contribution in [0.5, 0.6) is 5.75 Å². The first kappa shape index (κ1) is 13.9. The summed E-state index contributed by atoms with van der Waals surface area (Å²) in [6.07, 6.45) is 0. The van der Waals surface area contributed by atoms with Gasteiger partial charge in [0.15, 0.2) is 0 Å². The van der Waals surface area contributed by atoms with Crippen LogP contribution in [0.4, 0.5) is 5.69 Å². The molecule has 102 valence electrons. The number of hydrogen-bond acceptors (Lipinski definition) is 4. The lowest BCUT2D eigenvalue weighted by molar-refractivity contribution is 0.415. The van der Waals surface area contributed by atoms with Crippen molar-refractivity contribution in [2.45, 2.75) is 4.90 Å². The van der Waals surface area contributed by atoms with Gasteiger partial charge >= 0.3 is 0 Å². The zero-order chi connectivity index (χ0) is 14.6. The Morgan fingerprint density at radius 2 is 1.85 bits per heavy atom. The van der Waals surface area contributed by atoms with Gasteiger partial charge in [0.05, 0.1) is 29.3 Å². The zero-order valence-electron chi connectivity index (χ0n) is 10.7. The zero-order valence-corrected chi connectivity index (χ0v) is 11.5. The predicted octanol–water partition coefficient (Wildman–Crippen LogP) is 2.37. The van der Waals surface area contributed by atoms with Crippen molar-refractivity contribution >= 4 is 15.7 Å². The fourth-order valence-corrected chi connectivity index (χ4v) is 2.66. The lowest BCUT2D eigenvalue weighted by Crippen LogP contribution is -2.12. The lowest BCUT2D eigenvalue weighted by Gasteiger charge is -2.09. The van der Waals surface area contributed by atoms with E-state index in [4.69, 9.17) is 10.00 Å². The first-order chi connectivity index (χ1) is 9.55. The van der Waals surface area contributed by atoms with Crippen LogP contribution in [-0.4, -0.2) is 15.5 Å². The monoisotopic (exact) mass is 288 g/mol. The average molecular weight is 288 g/mol. The van der Waals surface area contributed by atoms with E-state index in [1.165, 1.54) is 31.4 Å². The molecule has 0 atom stereocenters. The van der Waals surface area contributed by atoms with Crippen LogP contribution in [0, 0.1) is 11.3 Å². The molecule has 2 aromatic rings. The minimum absolute atomic E-state index is 0.0966. The molecule has 0 heterocycles. The number of anilines is 1. The standard InChI is InChI=1S/C14H12N2O3S/c1-19-13-4-2-3-12(9-13)16-20(17,18)14-7-5-11(10-15)6-8-14/h2-9,16H,1H3. The van der Waals surface area contributed by atoms with E-state index in [9.17, 15) is 8.42 Å². The Morgan fingerprint density at radius 1 is 1.15 bits per heavy atom. The molecule has 0 aliphatic rings. The first-order valence-corrected chi connectivity index (χ1v) is 7.20. The van der Waals surface area contributed by atoms with Crippen molar-refractivity contribution in [2.24, 2.45) is 0 Å². The highest BCUT2D eigenvalue weighted by molar-refractivity contribution is 7.92. The minimum Gasteiger partial charge on any atom is -0.497 e. The van der Waals surface area contributed by atoms with E-state index < -0.39 is 10.0 Å². The van der Waals surface area contributed by atoms with E-state index in [0.29, 0.717) is 17.0 Å². The van der Waals surface area contributed by atoms with E-state index in [2.05, 4.69) is 4.72 Å². The van der Waals surface area contributed by atoms with Gasteiger partial charge in [-0.05, 0) is 36.4 Å². The third-order valence-corrected chi connectivity index (χ3v) is 4.01. The second-order valence-corrected chi connectivity index (χ2v) is 5.66. The van der Waals surface area contributed by atoms with Gasteiger partial charge in [0, 0.05) is 6.07 Å². The van der Waals surface area contributed by atoms with Crippen molar-refractivity contribution < 1.29 is 13.2 Å². The molecule has 1 N–H and O–H groups in total. The second kappa shape index (κ2) is 5.63. The van der Waals surface area contributed by atoms with E-state index in [1.54, 1.807) is 24.3 Å². The fourth-order valence-electron chi connectivity index (χ4n) is 1.61. The first-order valence-electron chi connectivity index (χ1n) is 5.72. The number of hydrogen-bond donors (Lipinski definition) is 1. The van der Waals surface area contributed by atoms with Gasteiger partial charge in [-0.2, -0.15) is 5.26 Å². The van der Waals surface area contributed by atoms with Crippen LogP contribution in [0.2, 0.25) is 0 Å². The maximum Gasteiger partial charge on any atom is 0.261 e. The van der Waals surface area contributed by atoms with Crippen LogP contribution in [0.1, 0.15) is 5.56 Å². The van der Waals surface area contributed by atoms with Crippen molar-refractivity contribution in [3.63, 3.8) is 0 Å². The van der Waals surface area contributed by atoms with Crippen molar-refractivity contribution in [3.8, 4) is 11.8 Å². The highest BCUT2D eigenvalue weighted by Gasteiger charge is 2.14. The molecule has 0 saturated heterocycles. The molecule has 0 radical (unpaired) electrons. The molecular formula is C14H12N2O3S. The molecule has 20 heavy (non-hydrogen) atoms. The summed E-state index contributed by atoms with van der Waals surface area (Å²) in [6.45, 7) is 0. The van der Waals surface area contributed by atoms with E-state index >= 15 is 0 Å². The smallest absolute Gasteiger partial charge is 0.261 e. The van der Waals surface area contributed by atoms with Gasteiger partial charge in [0.25, 0.3) is 10.0 Å². The molecule has 2 aromatic carbocycles. The second-order valence-electron chi connectivity index (χ2n) is 3.97. The Labute approximate surface area is 117 Å². The highest BCUT2D eigenvalue weighted by Crippen LogP contribution is 2.20. The third-order valence-electron chi connectivity index (χ3n) is 2.62. The molecule has 5 nitrogen and oxygen atoms in total. The lowest BCUT2D eigenvalue weighted by atomic mass is 10.2. The van der Waals surface area contributed by atoms with Crippen LogP contribution in [0.3, 0.4) is 0 Å². The van der Waals surface area contributed by atoms with Gasteiger partial charge < -0.3 is 4.74 Å². The molecule has 0 bridgehead atoms. The molecule has 0 aliphatic heterocycles. The predicted molar refractivity (Wildman–Crippen MR) is 75.0 cm³/mol. The topological polar surface area (TPSA) is 79.2 Å². The Hall–Kier alpha value is -2.52. The summed E-state index contributed by atoms with van der Waals surface area (Å²) >= 11 is 0. The summed E-state index contributed by atoms with van der Waals surface area (Å²) in [4.78, 5) is 0.0966. The summed E-state index contributed by atoms with van der Waals surface area (Å²) < 4.78 is 31.8. The molecule has 0 spiro atoms. The number of sulfonamides is 1. The molecule has 0 aromatic heterocycles. The summed E-state index contributed by atoms with van der Waals surface area (Å²) in [5, 5.41) is 8.70. The molecular weight excluding hydrogens is 276 g/mol. The maximum atomic E-state index is 12.2. The number of nitrogens with zero attached hydrogens (tertiary/aromatic N) is 1. The number of nitriles is 1. The summed E-state index contributed by atoms with van der Waals surface area (Å²) in [5.74, 6) is 0.560. The molecule has 0 saturated carbocycles. The van der Waals surface area contributed by atoms with Gasteiger partial charge in [0.2, 0.25) is 0 Å². The van der Waals surface area contributed by atoms with Crippen LogP contribution in [0.15, 0.2) is 53.4 Å². The number of benzene rings is 2. The molecule has 0 unspecified atom stereocenters. The van der Waals surface area contributed by atoms with Crippen molar-refractivity contribution in [3.05, 3.63) is 54.1 Å². The van der Waals surface area contributed by atoms with Crippen LogP contribution >= 0.6 is 0 Å². The van der Waals surface area contributed by atoms with Crippen LogP contribution in [-0.2, 0) is 10.0 Å². The molecule has 0 amide bonds. The van der Waals surface area contributed by atoms with E-state index in [1.807, 2.05) is 6.07 Å². The van der Waals surface area contributed by atoms with Gasteiger partial charge in [-0.15, -0.1) is 0 Å². The Morgan fingerprint density at radius 3 is 2.45 bits per heavy atom. The van der Waals surface area contributed by atoms with Crippen molar-refractivity contribution in [1.82, 2.24) is 0 Å². The maximum absolute atomic E-state index is 12.2. The fraction of sp³-hybridized carbons (Fsp3) is 0.0714. The Balaban J connectivity index is 2.28. The van der Waals surface area contributed by atoms with Crippen LogP contribution in [0.25, 0.3) is 0 Å². The third kappa shape index (κ3) is 3.08. The average Bonchev–Trinajstić information content (AvgIpc) is 2.47. The number of ether oxygens (including phenoxy) is 1. The number of methoxy groups -OCH3 is 1. The SMILES string of the molecule is COc1cccc(NS(=O)(=O)c2ccc(C#N)cc2)c1. The summed E-state index contributed by atoms with van der Waals surface area (Å²) in [5.41, 5.74) is 0.819. The van der Waals surface area contributed by atoms with Gasteiger partial charge in [-0.25, -0.2) is 8.42 Å². The number of rotatable bonds is 4. The van der Waals surface area contributed by atoms with E-state index in [0.717, 1.165) is 0 Å². The molecule has 0 aliphatic carbocycles. The normalized spacial score (nSPS) is 10.6. The largest absolute Gasteiger partial charge is 0.497 e. The quantitative estimate of drug-likeness (QED) is 0.936. The Bertz CT molecular complexity index is 747. The van der Waals surface area contributed by atoms with Gasteiger partial charge in [-0.1, -0.05) is 6.07 Å². The van der Waals surface area contributed by atoms with Gasteiger partial charge in [-0.3, -0.25) is 4.72 Å². The van der Waals surface area contributed by atoms with E-state index in [-0.39, 0.29) is 4.90 Å². The van der Waals surface area contributed by atoms with Crippen molar-refractivity contribution in [2.75, 3.05) is 11.8 Å². The number of nitrogens with one attached hydrogen (secondary N) is 1. The Kier molecular flexibility index (Phi) is 3.91. The van der Waals surface area contributed by atoms with Gasteiger partial charge in [0.1, 0.15) is 5.75 Å². The highest BCUT2D eigenvalue weighted by atomic mass is 32.2. The summed E-state index contributed by atoms with van der Waals surface area (Å²) in [7, 11) is -2.17. The van der Waals surface area contributed by atoms with Crippen LogP contribution < -0.4 is 9.46 Å². The van der Waals surface area contributed by atoms with Crippen molar-refractivity contribution in [1.29, 1.82) is 5.26 Å². The minimum atomic E-state index is -3.68.